The van der Waals surface area contributed by atoms with Gasteiger partial charge in [0.25, 0.3) is 0 Å². The van der Waals surface area contributed by atoms with Crippen molar-refractivity contribution >= 4 is 32.6 Å². The molecule has 0 bridgehead atoms. The van der Waals surface area contributed by atoms with E-state index in [0.29, 0.717) is 0 Å². The summed E-state index contributed by atoms with van der Waals surface area (Å²) < 4.78 is 2.53. The Kier molecular flexibility index (Phi) is 5.86. The maximum absolute atomic E-state index is 2.53. The maximum atomic E-state index is 2.53. The number of hydrogen-bond acceptors (Lipinski definition) is 0. The molecule has 10 rings (SSSR count). The first-order valence-electron chi connectivity index (χ1n) is 16.7. The molecule has 1 aromatic heterocycles. The van der Waals surface area contributed by atoms with E-state index in [1.807, 2.05) is 0 Å². The maximum Gasteiger partial charge on any atom is 0.0734 e. The quantitative estimate of drug-likeness (QED) is 0.187. The molecule has 1 nitrogen and oxygen atoms in total. The van der Waals surface area contributed by atoms with E-state index in [1.54, 1.807) is 0 Å². The van der Waals surface area contributed by atoms with E-state index in [2.05, 4.69) is 193 Å². The van der Waals surface area contributed by atoms with Gasteiger partial charge in [-0.15, -0.1) is 0 Å². The molecule has 0 N–H and O–H groups in total. The number of rotatable bonds is 4. The molecule has 9 aromatic rings. The Morgan fingerprint density at radius 3 is 1.79 bits per heavy atom. The van der Waals surface area contributed by atoms with Crippen molar-refractivity contribution in [3.8, 4) is 27.9 Å². The predicted molar refractivity (Wildman–Crippen MR) is 201 cm³/mol. The highest BCUT2D eigenvalue weighted by Crippen LogP contribution is 2.60. The molecule has 0 aliphatic heterocycles. The molecule has 1 aliphatic rings. The zero-order valence-corrected chi connectivity index (χ0v) is 26.3. The van der Waals surface area contributed by atoms with E-state index in [4.69, 9.17) is 0 Å². The summed E-state index contributed by atoms with van der Waals surface area (Å²) >= 11 is 0. The van der Waals surface area contributed by atoms with Gasteiger partial charge < -0.3 is 4.57 Å². The van der Waals surface area contributed by atoms with Crippen LogP contribution < -0.4 is 0 Å². The Morgan fingerprint density at radius 1 is 0.417 bits per heavy atom. The Labute approximate surface area is 280 Å². The average molecular weight is 610 g/mol. The third-order valence-electron chi connectivity index (χ3n) is 10.4. The van der Waals surface area contributed by atoms with Crippen molar-refractivity contribution in [2.24, 2.45) is 0 Å². The Hall–Kier alpha value is -6.18. The van der Waals surface area contributed by atoms with E-state index < -0.39 is 5.41 Å². The van der Waals surface area contributed by atoms with Crippen LogP contribution >= 0.6 is 0 Å². The Morgan fingerprint density at radius 2 is 1.04 bits per heavy atom. The third kappa shape index (κ3) is 3.67. The fourth-order valence-electron chi connectivity index (χ4n) is 8.52. The lowest BCUT2D eigenvalue weighted by atomic mass is 9.67. The molecule has 8 aromatic carbocycles. The standard InChI is InChI=1S/C47H31N/c1-4-15-32(16-5-1)34-18-14-23-37(31-34)48-43-26-13-12-25-39(43)40-28-29-41-44-38-24-11-10-17-33(38)27-30-42(44)47(45(41)46(40)48,35-19-6-2-7-20-35)36-21-8-3-9-22-36/h1-31H. The Bertz CT molecular complexity index is 2610. The molecule has 0 spiro atoms. The second-order valence-electron chi connectivity index (χ2n) is 12.8. The molecule has 1 heterocycles. The Balaban J connectivity index is 1.44. The van der Waals surface area contributed by atoms with E-state index in [0.717, 1.165) is 5.69 Å². The summed E-state index contributed by atoms with van der Waals surface area (Å²) in [5, 5.41) is 5.08. The van der Waals surface area contributed by atoms with Gasteiger partial charge in [-0.25, -0.2) is 0 Å². The highest BCUT2D eigenvalue weighted by molar-refractivity contribution is 6.16. The summed E-state index contributed by atoms with van der Waals surface area (Å²) in [6, 6.07) is 69.3. The highest BCUT2D eigenvalue weighted by atomic mass is 15.0. The van der Waals surface area contributed by atoms with E-state index in [-0.39, 0.29) is 0 Å². The molecule has 1 heteroatoms. The summed E-state index contributed by atoms with van der Waals surface area (Å²) in [5.74, 6) is 0. The summed E-state index contributed by atoms with van der Waals surface area (Å²) in [4.78, 5) is 0. The molecule has 0 fully saturated rings. The third-order valence-corrected chi connectivity index (χ3v) is 10.4. The molecule has 0 unspecified atom stereocenters. The number of benzene rings is 8. The van der Waals surface area contributed by atoms with Crippen LogP contribution in [0, 0.1) is 0 Å². The van der Waals surface area contributed by atoms with E-state index in [9.17, 15) is 0 Å². The van der Waals surface area contributed by atoms with Crippen molar-refractivity contribution in [1.29, 1.82) is 0 Å². The second kappa shape index (κ2) is 10.4. The molecule has 0 radical (unpaired) electrons. The van der Waals surface area contributed by atoms with E-state index in [1.165, 1.54) is 77.1 Å². The van der Waals surface area contributed by atoms with Crippen molar-refractivity contribution in [2.45, 2.75) is 5.41 Å². The SMILES string of the molecule is c1ccc(-c2cccc(-n3c4ccccc4c4ccc5c(c43)C(c3ccccc3)(c3ccccc3)c3ccc4ccccc4c3-5)c2)cc1. The van der Waals surface area contributed by atoms with Crippen LogP contribution in [0.4, 0.5) is 0 Å². The first kappa shape index (κ1) is 27.0. The highest BCUT2D eigenvalue weighted by Gasteiger charge is 2.48. The molecule has 224 valence electrons. The van der Waals surface area contributed by atoms with Crippen LogP contribution in [0.25, 0.3) is 60.5 Å². The topological polar surface area (TPSA) is 4.93 Å². The molecular weight excluding hydrogens is 579 g/mol. The first-order valence-corrected chi connectivity index (χ1v) is 16.7. The molecule has 0 amide bonds. The number of aromatic nitrogens is 1. The molecule has 0 saturated heterocycles. The monoisotopic (exact) mass is 609 g/mol. The van der Waals surface area contributed by atoms with Crippen molar-refractivity contribution in [1.82, 2.24) is 4.57 Å². The minimum atomic E-state index is -0.542. The first-order chi connectivity index (χ1) is 23.8. The van der Waals surface area contributed by atoms with Gasteiger partial charge in [-0.3, -0.25) is 0 Å². The normalized spacial score (nSPS) is 13.2. The van der Waals surface area contributed by atoms with Gasteiger partial charge in [0.1, 0.15) is 0 Å². The van der Waals surface area contributed by atoms with Gasteiger partial charge in [-0.2, -0.15) is 0 Å². The van der Waals surface area contributed by atoms with Crippen LogP contribution in [0.1, 0.15) is 22.3 Å². The van der Waals surface area contributed by atoms with Crippen LogP contribution in [0.3, 0.4) is 0 Å². The molecule has 48 heavy (non-hydrogen) atoms. The summed E-state index contributed by atoms with van der Waals surface area (Å²) in [5.41, 5.74) is 13.3. The van der Waals surface area contributed by atoms with Crippen LogP contribution in [0.15, 0.2) is 188 Å². The zero-order valence-electron chi connectivity index (χ0n) is 26.3. The fourth-order valence-corrected chi connectivity index (χ4v) is 8.52. The molecule has 0 saturated carbocycles. The minimum Gasteiger partial charge on any atom is -0.309 e. The van der Waals surface area contributed by atoms with Crippen LogP contribution in [-0.4, -0.2) is 4.57 Å². The van der Waals surface area contributed by atoms with Gasteiger partial charge in [-0.05, 0) is 67.9 Å². The second-order valence-corrected chi connectivity index (χ2v) is 12.8. The fraction of sp³-hybridized carbons (Fsp3) is 0.0213. The van der Waals surface area contributed by atoms with Crippen LogP contribution in [0.2, 0.25) is 0 Å². The van der Waals surface area contributed by atoms with Crippen molar-refractivity contribution < 1.29 is 0 Å². The van der Waals surface area contributed by atoms with Crippen LogP contribution in [0.5, 0.6) is 0 Å². The summed E-state index contributed by atoms with van der Waals surface area (Å²) in [7, 11) is 0. The lowest BCUT2D eigenvalue weighted by molar-refractivity contribution is 0.772. The van der Waals surface area contributed by atoms with Crippen molar-refractivity contribution in [2.75, 3.05) is 0 Å². The molecule has 0 atom stereocenters. The van der Waals surface area contributed by atoms with Crippen molar-refractivity contribution in [3.05, 3.63) is 210 Å². The van der Waals surface area contributed by atoms with Crippen molar-refractivity contribution in [3.63, 3.8) is 0 Å². The lowest BCUT2D eigenvalue weighted by Gasteiger charge is -2.34. The summed E-state index contributed by atoms with van der Waals surface area (Å²) in [6.45, 7) is 0. The number of fused-ring (bicyclic) bond motifs is 9. The molecule has 1 aliphatic carbocycles. The minimum absolute atomic E-state index is 0.542. The smallest absolute Gasteiger partial charge is 0.0734 e. The predicted octanol–water partition coefficient (Wildman–Crippen LogP) is 12.0. The largest absolute Gasteiger partial charge is 0.309 e. The molecular formula is C47H31N. The average Bonchev–Trinajstić information content (AvgIpc) is 3.67. The van der Waals surface area contributed by atoms with Gasteiger partial charge in [0.2, 0.25) is 0 Å². The lowest BCUT2D eigenvalue weighted by Crippen LogP contribution is -2.29. The zero-order chi connectivity index (χ0) is 31.7. The van der Waals surface area contributed by atoms with Gasteiger partial charge in [-0.1, -0.05) is 170 Å². The van der Waals surface area contributed by atoms with Gasteiger partial charge in [0.05, 0.1) is 16.4 Å². The van der Waals surface area contributed by atoms with Gasteiger partial charge >= 0.3 is 0 Å². The van der Waals surface area contributed by atoms with Gasteiger partial charge in [0.15, 0.2) is 0 Å². The number of hydrogen-bond donors (Lipinski definition) is 0. The summed E-state index contributed by atoms with van der Waals surface area (Å²) in [6.07, 6.45) is 0. The van der Waals surface area contributed by atoms with E-state index >= 15 is 0 Å². The van der Waals surface area contributed by atoms with Crippen LogP contribution in [-0.2, 0) is 5.41 Å². The number of para-hydroxylation sites is 1. The number of nitrogens with zero attached hydrogens (tertiary/aromatic N) is 1. The van der Waals surface area contributed by atoms with Gasteiger partial charge in [0, 0.05) is 22.0 Å².